The van der Waals surface area contributed by atoms with Crippen LogP contribution in [0.4, 0.5) is 17.6 Å². The number of allylic oxidation sites excluding steroid dienone is 1. The van der Waals surface area contributed by atoms with E-state index in [-0.39, 0.29) is 26.6 Å². The first-order valence-corrected chi connectivity index (χ1v) is 8.94. The Morgan fingerprint density at radius 2 is 2.07 bits per heavy atom. The van der Waals surface area contributed by atoms with Crippen molar-refractivity contribution in [1.29, 1.82) is 0 Å². The molecule has 3 rings (SSSR count). The number of alkyl halides is 3. The summed E-state index contributed by atoms with van der Waals surface area (Å²) in [7, 11) is 0. The van der Waals surface area contributed by atoms with Gasteiger partial charge < -0.3 is 15.2 Å². The molecule has 1 atom stereocenters. The van der Waals surface area contributed by atoms with Crippen molar-refractivity contribution >= 4 is 39.1 Å². The van der Waals surface area contributed by atoms with Crippen LogP contribution in [-0.4, -0.2) is 16.8 Å². The van der Waals surface area contributed by atoms with Crippen molar-refractivity contribution in [2.24, 2.45) is 4.99 Å². The fraction of sp³-hybridized carbons (Fsp3) is 0.188. The van der Waals surface area contributed by atoms with Crippen LogP contribution in [0.3, 0.4) is 0 Å². The maximum Gasteiger partial charge on any atom is 0.427 e. The van der Waals surface area contributed by atoms with Gasteiger partial charge >= 0.3 is 6.18 Å². The van der Waals surface area contributed by atoms with Gasteiger partial charge in [-0.25, -0.2) is 9.37 Å². The predicted molar refractivity (Wildman–Crippen MR) is 91.3 cm³/mol. The third kappa shape index (κ3) is 3.88. The summed E-state index contributed by atoms with van der Waals surface area (Å²) in [6, 6.07) is 2.50. The summed E-state index contributed by atoms with van der Waals surface area (Å²) < 4.78 is 52.1. The number of hydrogen-bond acceptors (Lipinski definition) is 6. The Kier molecular flexibility index (Phi) is 5.08. The largest absolute Gasteiger partial charge is 0.545 e. The summed E-state index contributed by atoms with van der Waals surface area (Å²) in [6.45, 7) is 1.43. The molecule has 0 aliphatic carbocycles. The van der Waals surface area contributed by atoms with Crippen molar-refractivity contribution < 1.29 is 27.5 Å². The van der Waals surface area contributed by atoms with Crippen LogP contribution < -0.4 is 10.4 Å². The van der Waals surface area contributed by atoms with E-state index in [2.05, 4.69) is 31.2 Å². The number of carbonyl (C=O) groups excluding carboxylic acids is 1. The molecule has 27 heavy (non-hydrogen) atoms. The average Bonchev–Trinajstić information content (AvgIpc) is 3.04. The number of nitrogens with one attached hydrogen (secondary N) is 1. The summed E-state index contributed by atoms with van der Waals surface area (Å²) in [5.41, 5.74) is 0.255. The monoisotopic (exact) mass is 462 g/mol. The lowest BCUT2D eigenvalue weighted by Gasteiger charge is -2.27. The molecule has 0 spiro atoms. The molecule has 0 saturated heterocycles. The molecule has 1 unspecified atom stereocenters. The third-order valence-corrected chi connectivity index (χ3v) is 5.44. The maximum atomic E-state index is 13.4. The minimum Gasteiger partial charge on any atom is -0.545 e. The van der Waals surface area contributed by atoms with Crippen molar-refractivity contribution in [3.8, 4) is 0 Å². The number of halogens is 5. The van der Waals surface area contributed by atoms with Crippen molar-refractivity contribution in [2.75, 3.05) is 0 Å². The lowest BCUT2D eigenvalue weighted by molar-refractivity contribution is -0.299. The first-order chi connectivity index (χ1) is 12.6. The number of carbonyl (C=O) groups is 1. The quantitative estimate of drug-likeness (QED) is 0.710. The predicted octanol–water partition coefficient (Wildman–Crippen LogP) is 3.18. The van der Waals surface area contributed by atoms with Gasteiger partial charge in [0, 0.05) is 15.7 Å². The SMILES string of the molecule is CC1=C(C(=O)[O-])C(c2ccc(F)cc2Br)N=C(c2ncc(C(F)(F)F)s2)N1. The number of rotatable bonds is 3. The number of carboxylic acid groups (broad SMARTS) is 1. The van der Waals surface area contributed by atoms with Gasteiger partial charge in [0.15, 0.2) is 10.8 Å². The van der Waals surface area contributed by atoms with Gasteiger partial charge in [-0.3, -0.25) is 4.99 Å². The van der Waals surface area contributed by atoms with Crippen LogP contribution in [0.5, 0.6) is 0 Å². The average molecular weight is 463 g/mol. The number of carboxylic acids is 1. The Morgan fingerprint density at radius 1 is 1.37 bits per heavy atom. The van der Waals surface area contributed by atoms with Gasteiger partial charge in [-0.05, 0) is 24.6 Å². The summed E-state index contributed by atoms with van der Waals surface area (Å²) >= 11 is 3.53. The molecule has 1 aliphatic heterocycles. The molecule has 1 aromatic heterocycles. The molecule has 2 aromatic rings. The zero-order chi connectivity index (χ0) is 19.9. The maximum absolute atomic E-state index is 13.4. The van der Waals surface area contributed by atoms with E-state index in [0.29, 0.717) is 23.1 Å². The topological polar surface area (TPSA) is 77.4 Å². The Labute approximate surface area is 162 Å². The fourth-order valence-electron chi connectivity index (χ4n) is 2.51. The van der Waals surface area contributed by atoms with E-state index in [1.165, 1.54) is 13.0 Å². The molecule has 2 heterocycles. The minimum absolute atomic E-state index is 0.0146. The van der Waals surface area contributed by atoms with E-state index in [1.54, 1.807) is 0 Å². The summed E-state index contributed by atoms with van der Waals surface area (Å²) in [5, 5.41) is 14.2. The zero-order valence-electron chi connectivity index (χ0n) is 13.4. The molecule has 0 fully saturated rings. The van der Waals surface area contributed by atoms with Crippen molar-refractivity contribution in [3.63, 3.8) is 0 Å². The van der Waals surface area contributed by atoms with E-state index in [1.807, 2.05) is 0 Å². The number of nitrogens with zero attached hydrogens (tertiary/aromatic N) is 2. The van der Waals surface area contributed by atoms with Crippen molar-refractivity contribution in [3.05, 3.63) is 61.4 Å². The van der Waals surface area contributed by atoms with Gasteiger partial charge in [-0.15, -0.1) is 11.3 Å². The second kappa shape index (κ2) is 7.04. The summed E-state index contributed by atoms with van der Waals surface area (Å²) in [4.78, 5) is 18.6. The fourth-order valence-corrected chi connectivity index (χ4v) is 3.82. The molecular weight excluding hydrogens is 454 g/mol. The number of hydrogen-bond donors (Lipinski definition) is 1. The van der Waals surface area contributed by atoms with Crippen LogP contribution in [0.25, 0.3) is 0 Å². The molecule has 142 valence electrons. The lowest BCUT2D eigenvalue weighted by Crippen LogP contribution is -2.37. The van der Waals surface area contributed by atoms with E-state index in [9.17, 15) is 27.5 Å². The second-order valence-corrected chi connectivity index (χ2v) is 7.41. The second-order valence-electron chi connectivity index (χ2n) is 5.52. The van der Waals surface area contributed by atoms with Crippen LogP contribution in [0.2, 0.25) is 0 Å². The van der Waals surface area contributed by atoms with E-state index in [4.69, 9.17) is 0 Å². The Hall–Kier alpha value is -2.27. The number of aliphatic imine (C=N–C) groups is 1. The van der Waals surface area contributed by atoms with Gasteiger partial charge in [0.05, 0.1) is 12.2 Å². The smallest absolute Gasteiger partial charge is 0.427 e. The van der Waals surface area contributed by atoms with Crippen molar-refractivity contribution in [2.45, 2.75) is 19.1 Å². The van der Waals surface area contributed by atoms with Gasteiger partial charge in [-0.1, -0.05) is 22.0 Å². The number of aromatic nitrogens is 1. The summed E-state index contributed by atoms with van der Waals surface area (Å²) in [6.07, 6.45) is -3.87. The third-order valence-electron chi connectivity index (χ3n) is 3.71. The molecule has 0 amide bonds. The highest BCUT2D eigenvalue weighted by atomic mass is 79.9. The van der Waals surface area contributed by atoms with Crippen LogP contribution >= 0.6 is 27.3 Å². The van der Waals surface area contributed by atoms with Gasteiger partial charge in [-0.2, -0.15) is 13.2 Å². The molecule has 0 saturated carbocycles. The Morgan fingerprint density at radius 3 is 2.63 bits per heavy atom. The lowest BCUT2D eigenvalue weighted by atomic mass is 9.96. The molecule has 0 radical (unpaired) electrons. The molecular formula is C16H9BrF4N3O2S-. The van der Waals surface area contributed by atoms with Crippen LogP contribution in [0.1, 0.15) is 28.4 Å². The first kappa shape index (κ1) is 19.5. The first-order valence-electron chi connectivity index (χ1n) is 7.33. The zero-order valence-corrected chi connectivity index (χ0v) is 15.8. The normalized spacial score (nSPS) is 17.6. The highest BCUT2D eigenvalue weighted by Gasteiger charge is 2.35. The number of amidine groups is 1. The molecule has 5 nitrogen and oxygen atoms in total. The van der Waals surface area contributed by atoms with Crippen molar-refractivity contribution in [1.82, 2.24) is 10.3 Å². The van der Waals surface area contributed by atoms with E-state index in [0.717, 1.165) is 12.1 Å². The Balaban J connectivity index is 2.10. The van der Waals surface area contributed by atoms with Crippen LogP contribution in [-0.2, 0) is 11.0 Å². The van der Waals surface area contributed by atoms with Gasteiger partial charge in [0.25, 0.3) is 0 Å². The number of thiazole rings is 1. The van der Waals surface area contributed by atoms with E-state index < -0.39 is 28.9 Å². The molecule has 1 aliphatic rings. The Bertz CT molecular complexity index is 984. The van der Waals surface area contributed by atoms with Gasteiger partial charge in [0.2, 0.25) is 0 Å². The minimum atomic E-state index is -4.55. The van der Waals surface area contributed by atoms with Crippen LogP contribution in [0, 0.1) is 5.82 Å². The molecule has 11 heteroatoms. The number of benzene rings is 1. The molecule has 0 bridgehead atoms. The summed E-state index contributed by atoms with van der Waals surface area (Å²) in [5.74, 6) is -2.06. The van der Waals surface area contributed by atoms with Gasteiger partial charge in [0.1, 0.15) is 16.7 Å². The standard InChI is InChI=1S/C16H10BrF4N3O2S/c1-6-11(15(25)26)12(8-3-2-7(18)4-9(8)17)24-13(23-6)14-22-5-10(27-14)16(19,20)21/h2-5,12H,1H3,(H,23,24)(H,25,26)/p-1. The van der Waals surface area contributed by atoms with E-state index >= 15 is 0 Å². The molecule has 1 aromatic carbocycles. The number of aliphatic carboxylic acids is 1. The van der Waals surface area contributed by atoms with Crippen LogP contribution in [0.15, 0.2) is 45.1 Å². The molecule has 1 N–H and O–H groups in total. The highest BCUT2D eigenvalue weighted by Crippen LogP contribution is 2.37. The highest BCUT2D eigenvalue weighted by molar-refractivity contribution is 9.10.